The minimum atomic E-state index is -0.214. The predicted molar refractivity (Wildman–Crippen MR) is 59.4 cm³/mol. The summed E-state index contributed by atoms with van der Waals surface area (Å²) in [6.45, 7) is 8.36. The van der Waals surface area contributed by atoms with E-state index in [4.69, 9.17) is 0 Å². The van der Waals surface area contributed by atoms with Gasteiger partial charge in [0.15, 0.2) is 5.78 Å². The highest BCUT2D eigenvalue weighted by Gasteiger charge is 2.37. The van der Waals surface area contributed by atoms with E-state index in [9.17, 15) is 9.59 Å². The van der Waals surface area contributed by atoms with Crippen molar-refractivity contribution >= 4 is 11.7 Å². The zero-order chi connectivity index (χ0) is 11.6. The number of Topliss-reactive ketones (excluding diaryl/α,β-unsaturated/α-hetero) is 1. The molecule has 1 aliphatic rings. The van der Waals surface area contributed by atoms with Crippen LogP contribution in [0.5, 0.6) is 0 Å². The van der Waals surface area contributed by atoms with Gasteiger partial charge in [0.05, 0.1) is 6.04 Å². The lowest BCUT2D eigenvalue weighted by Gasteiger charge is -2.29. The van der Waals surface area contributed by atoms with Gasteiger partial charge in [0.1, 0.15) is 0 Å². The Kier molecular flexibility index (Phi) is 3.89. The van der Waals surface area contributed by atoms with Crippen molar-refractivity contribution in [2.45, 2.75) is 46.6 Å². The van der Waals surface area contributed by atoms with Crippen LogP contribution in [0, 0.1) is 11.8 Å². The van der Waals surface area contributed by atoms with Gasteiger partial charge in [0.25, 0.3) is 0 Å². The van der Waals surface area contributed by atoms with Gasteiger partial charge < -0.3 is 4.90 Å². The SMILES string of the molecule is CCC1CCN(C(C(C)=O)C(C)C)C1=O. The molecule has 0 aromatic carbocycles. The van der Waals surface area contributed by atoms with E-state index in [1.807, 2.05) is 20.8 Å². The first kappa shape index (κ1) is 12.2. The maximum Gasteiger partial charge on any atom is 0.226 e. The minimum Gasteiger partial charge on any atom is -0.332 e. The Bertz CT molecular complexity index is 260. The second-order valence-corrected chi connectivity index (χ2v) is 4.72. The number of carbonyl (C=O) groups excluding carboxylic acids is 2. The molecule has 1 aliphatic heterocycles. The van der Waals surface area contributed by atoms with E-state index in [2.05, 4.69) is 0 Å². The highest BCUT2D eigenvalue weighted by atomic mass is 16.2. The molecule has 0 spiro atoms. The molecule has 15 heavy (non-hydrogen) atoms. The van der Waals surface area contributed by atoms with Crippen LogP contribution in [0.3, 0.4) is 0 Å². The summed E-state index contributed by atoms with van der Waals surface area (Å²) in [5.74, 6) is 0.633. The Hall–Kier alpha value is -0.860. The van der Waals surface area contributed by atoms with Gasteiger partial charge in [-0.1, -0.05) is 20.8 Å². The normalized spacial score (nSPS) is 23.7. The van der Waals surface area contributed by atoms with Gasteiger partial charge in [0, 0.05) is 12.5 Å². The summed E-state index contributed by atoms with van der Waals surface area (Å²) in [4.78, 5) is 25.3. The number of ketones is 1. The summed E-state index contributed by atoms with van der Waals surface area (Å²) >= 11 is 0. The van der Waals surface area contributed by atoms with Crippen molar-refractivity contribution < 1.29 is 9.59 Å². The van der Waals surface area contributed by atoms with Gasteiger partial charge in [-0.3, -0.25) is 9.59 Å². The molecule has 0 aliphatic carbocycles. The number of hydrogen-bond acceptors (Lipinski definition) is 2. The molecule has 0 saturated carbocycles. The standard InChI is InChI=1S/C12H21NO2/c1-5-10-6-7-13(12(10)15)11(8(2)3)9(4)14/h8,10-11H,5-7H2,1-4H3. The number of carbonyl (C=O) groups is 2. The molecule has 0 aromatic rings. The maximum atomic E-state index is 12.0. The second kappa shape index (κ2) is 4.77. The zero-order valence-corrected chi connectivity index (χ0v) is 10.1. The molecule has 0 bridgehead atoms. The summed E-state index contributed by atoms with van der Waals surface area (Å²) < 4.78 is 0. The molecular formula is C12H21NO2. The molecule has 0 radical (unpaired) electrons. The van der Waals surface area contributed by atoms with Crippen LogP contribution in [0.2, 0.25) is 0 Å². The average molecular weight is 211 g/mol. The number of hydrogen-bond donors (Lipinski definition) is 0. The van der Waals surface area contributed by atoms with Crippen LogP contribution in [-0.2, 0) is 9.59 Å². The van der Waals surface area contributed by atoms with Crippen molar-refractivity contribution in [1.82, 2.24) is 4.90 Å². The van der Waals surface area contributed by atoms with Crippen LogP contribution in [0.4, 0.5) is 0 Å². The molecule has 3 heteroatoms. The Labute approximate surface area is 91.8 Å². The molecule has 1 saturated heterocycles. The number of nitrogens with zero attached hydrogens (tertiary/aromatic N) is 1. The van der Waals surface area contributed by atoms with Crippen LogP contribution < -0.4 is 0 Å². The van der Waals surface area contributed by atoms with E-state index in [1.54, 1.807) is 11.8 Å². The fourth-order valence-electron chi connectivity index (χ4n) is 2.47. The number of likely N-dealkylation sites (tertiary alicyclic amines) is 1. The summed E-state index contributed by atoms with van der Waals surface area (Å²) in [6, 6.07) is -0.214. The second-order valence-electron chi connectivity index (χ2n) is 4.72. The van der Waals surface area contributed by atoms with Crippen LogP contribution in [0.25, 0.3) is 0 Å². The van der Waals surface area contributed by atoms with Gasteiger partial charge in [-0.05, 0) is 25.7 Å². The van der Waals surface area contributed by atoms with Crippen LogP contribution in [-0.4, -0.2) is 29.2 Å². The van der Waals surface area contributed by atoms with Crippen LogP contribution in [0.15, 0.2) is 0 Å². The topological polar surface area (TPSA) is 37.4 Å². The Morgan fingerprint density at radius 1 is 1.53 bits per heavy atom. The molecule has 0 N–H and O–H groups in total. The third-order valence-electron chi connectivity index (χ3n) is 3.23. The monoisotopic (exact) mass is 211 g/mol. The van der Waals surface area contributed by atoms with Crippen molar-refractivity contribution in [2.75, 3.05) is 6.54 Å². The van der Waals surface area contributed by atoms with E-state index in [-0.39, 0.29) is 29.6 Å². The molecular weight excluding hydrogens is 190 g/mol. The van der Waals surface area contributed by atoms with E-state index in [0.29, 0.717) is 0 Å². The smallest absolute Gasteiger partial charge is 0.226 e. The van der Waals surface area contributed by atoms with Crippen molar-refractivity contribution in [3.05, 3.63) is 0 Å². The Balaban J connectivity index is 2.79. The van der Waals surface area contributed by atoms with Crippen LogP contribution >= 0.6 is 0 Å². The molecule has 0 aromatic heterocycles. The molecule has 1 amide bonds. The Morgan fingerprint density at radius 3 is 2.47 bits per heavy atom. The summed E-state index contributed by atoms with van der Waals surface area (Å²) in [5.41, 5.74) is 0. The van der Waals surface area contributed by atoms with E-state index >= 15 is 0 Å². The van der Waals surface area contributed by atoms with Crippen LogP contribution in [0.1, 0.15) is 40.5 Å². The first-order valence-electron chi connectivity index (χ1n) is 5.80. The largest absolute Gasteiger partial charge is 0.332 e. The average Bonchev–Trinajstić information content (AvgIpc) is 2.47. The minimum absolute atomic E-state index is 0.107. The zero-order valence-electron chi connectivity index (χ0n) is 10.1. The quantitative estimate of drug-likeness (QED) is 0.711. The maximum absolute atomic E-state index is 12.0. The molecule has 3 nitrogen and oxygen atoms in total. The lowest BCUT2D eigenvalue weighted by Crippen LogP contribution is -2.45. The van der Waals surface area contributed by atoms with E-state index in [0.717, 1.165) is 19.4 Å². The van der Waals surface area contributed by atoms with Crippen molar-refractivity contribution in [1.29, 1.82) is 0 Å². The number of rotatable bonds is 4. The van der Waals surface area contributed by atoms with E-state index in [1.165, 1.54) is 0 Å². The van der Waals surface area contributed by atoms with Gasteiger partial charge in [-0.15, -0.1) is 0 Å². The first-order valence-corrected chi connectivity index (χ1v) is 5.80. The highest BCUT2D eigenvalue weighted by Crippen LogP contribution is 2.25. The third kappa shape index (κ3) is 2.39. The lowest BCUT2D eigenvalue weighted by molar-refractivity contribution is -0.139. The highest BCUT2D eigenvalue weighted by molar-refractivity contribution is 5.89. The summed E-state index contributed by atoms with van der Waals surface area (Å²) in [5, 5.41) is 0. The van der Waals surface area contributed by atoms with Gasteiger partial charge in [0.2, 0.25) is 5.91 Å². The lowest BCUT2D eigenvalue weighted by atomic mass is 9.99. The molecule has 1 rings (SSSR count). The molecule has 86 valence electrons. The fourth-order valence-corrected chi connectivity index (χ4v) is 2.47. The summed E-state index contributed by atoms with van der Waals surface area (Å²) in [7, 11) is 0. The van der Waals surface area contributed by atoms with Gasteiger partial charge in [-0.2, -0.15) is 0 Å². The predicted octanol–water partition coefficient (Wildman–Crippen LogP) is 1.86. The van der Waals surface area contributed by atoms with E-state index < -0.39 is 0 Å². The van der Waals surface area contributed by atoms with Crippen molar-refractivity contribution in [3.8, 4) is 0 Å². The van der Waals surface area contributed by atoms with Crippen molar-refractivity contribution in [3.63, 3.8) is 0 Å². The summed E-state index contributed by atoms with van der Waals surface area (Å²) in [6.07, 6.45) is 1.80. The third-order valence-corrected chi connectivity index (χ3v) is 3.23. The first-order chi connectivity index (χ1) is 6.99. The Morgan fingerprint density at radius 2 is 2.13 bits per heavy atom. The molecule has 1 heterocycles. The molecule has 2 unspecified atom stereocenters. The molecule has 2 atom stereocenters. The molecule has 1 fully saturated rings. The fraction of sp³-hybridized carbons (Fsp3) is 0.833. The van der Waals surface area contributed by atoms with Crippen molar-refractivity contribution in [2.24, 2.45) is 11.8 Å². The number of amides is 1. The van der Waals surface area contributed by atoms with Gasteiger partial charge in [-0.25, -0.2) is 0 Å². The van der Waals surface area contributed by atoms with Gasteiger partial charge >= 0.3 is 0 Å².